The molecular formula is C14H22N2O3S. The third-order valence-corrected chi connectivity index (χ3v) is 5.58. The van der Waals surface area contributed by atoms with E-state index in [1.807, 2.05) is 6.92 Å². The van der Waals surface area contributed by atoms with Crippen LogP contribution in [0.3, 0.4) is 0 Å². The van der Waals surface area contributed by atoms with Gasteiger partial charge in [-0.05, 0) is 49.9 Å². The molecule has 2 rings (SSSR count). The van der Waals surface area contributed by atoms with Gasteiger partial charge >= 0.3 is 0 Å². The van der Waals surface area contributed by atoms with E-state index in [-0.39, 0.29) is 4.90 Å². The largest absolute Gasteiger partial charge is 0.399 e. The lowest BCUT2D eigenvalue weighted by molar-refractivity contribution is 0.101. The van der Waals surface area contributed by atoms with Gasteiger partial charge in [-0.25, -0.2) is 13.1 Å². The number of nitrogen functional groups attached to an aromatic ring is 1. The highest BCUT2D eigenvalue weighted by atomic mass is 32.2. The average molecular weight is 298 g/mol. The zero-order chi connectivity index (χ0) is 14.9. The predicted octanol–water partition coefficient (Wildman–Crippen LogP) is 1.47. The van der Waals surface area contributed by atoms with Crippen LogP contribution in [0.2, 0.25) is 0 Å². The number of anilines is 1. The molecule has 6 heteroatoms. The molecule has 1 aromatic carbocycles. The first-order chi connectivity index (χ1) is 9.31. The summed E-state index contributed by atoms with van der Waals surface area (Å²) in [5.41, 5.74) is 7.71. The summed E-state index contributed by atoms with van der Waals surface area (Å²) in [5, 5.41) is 9.91. The SMILES string of the molecule is Cc1cc(N)cc(S(=O)(=O)NC2CCCCC2O)c1C. The lowest BCUT2D eigenvalue weighted by Gasteiger charge is -2.28. The molecule has 0 aromatic heterocycles. The Kier molecular flexibility index (Phi) is 4.36. The lowest BCUT2D eigenvalue weighted by atomic mass is 9.93. The molecule has 2 unspecified atom stereocenters. The summed E-state index contributed by atoms with van der Waals surface area (Å²) >= 11 is 0. The van der Waals surface area contributed by atoms with Gasteiger partial charge in [0.2, 0.25) is 10.0 Å². The molecule has 0 amide bonds. The van der Waals surface area contributed by atoms with Crippen molar-refractivity contribution in [3.05, 3.63) is 23.3 Å². The van der Waals surface area contributed by atoms with E-state index < -0.39 is 22.2 Å². The number of hydrogen-bond acceptors (Lipinski definition) is 4. The minimum atomic E-state index is -3.66. The van der Waals surface area contributed by atoms with Gasteiger partial charge < -0.3 is 10.8 Å². The van der Waals surface area contributed by atoms with Crippen molar-refractivity contribution < 1.29 is 13.5 Å². The van der Waals surface area contributed by atoms with Crippen LogP contribution in [0.25, 0.3) is 0 Å². The molecule has 1 saturated carbocycles. The number of aryl methyl sites for hydroxylation is 1. The maximum absolute atomic E-state index is 12.5. The van der Waals surface area contributed by atoms with Crippen LogP contribution in [0, 0.1) is 13.8 Å². The van der Waals surface area contributed by atoms with E-state index in [2.05, 4.69) is 4.72 Å². The van der Waals surface area contributed by atoms with Crippen molar-refractivity contribution in [3.8, 4) is 0 Å². The molecule has 4 N–H and O–H groups in total. The first-order valence-corrected chi connectivity index (χ1v) is 8.36. The summed E-state index contributed by atoms with van der Waals surface area (Å²) in [7, 11) is -3.66. The number of rotatable bonds is 3. The van der Waals surface area contributed by atoms with Crippen molar-refractivity contribution in [2.24, 2.45) is 0 Å². The van der Waals surface area contributed by atoms with Gasteiger partial charge in [-0.15, -0.1) is 0 Å². The van der Waals surface area contributed by atoms with E-state index in [0.29, 0.717) is 24.1 Å². The van der Waals surface area contributed by atoms with Gasteiger partial charge in [0, 0.05) is 11.7 Å². The molecule has 0 aliphatic heterocycles. The van der Waals surface area contributed by atoms with Crippen LogP contribution in [0.15, 0.2) is 17.0 Å². The Morgan fingerprint density at radius 3 is 2.55 bits per heavy atom. The van der Waals surface area contributed by atoms with E-state index in [1.165, 1.54) is 6.07 Å². The smallest absolute Gasteiger partial charge is 0.241 e. The fraction of sp³-hybridized carbons (Fsp3) is 0.571. The molecule has 2 atom stereocenters. The summed E-state index contributed by atoms with van der Waals surface area (Å²) < 4.78 is 27.6. The van der Waals surface area contributed by atoms with Crippen molar-refractivity contribution in [1.29, 1.82) is 0 Å². The number of benzene rings is 1. The van der Waals surface area contributed by atoms with Crippen molar-refractivity contribution in [1.82, 2.24) is 4.72 Å². The molecule has 5 nitrogen and oxygen atoms in total. The molecule has 20 heavy (non-hydrogen) atoms. The topological polar surface area (TPSA) is 92.4 Å². The number of nitrogens with two attached hydrogens (primary N) is 1. The van der Waals surface area contributed by atoms with Gasteiger partial charge in [0.15, 0.2) is 0 Å². The summed E-state index contributed by atoms with van der Waals surface area (Å²) in [6.07, 6.45) is 2.57. The Hall–Kier alpha value is -1.11. The third kappa shape index (κ3) is 3.13. The van der Waals surface area contributed by atoms with Gasteiger partial charge in [0.25, 0.3) is 0 Å². The Bertz CT molecular complexity index is 599. The second kappa shape index (κ2) is 5.71. The molecule has 0 heterocycles. The van der Waals surface area contributed by atoms with Crippen LogP contribution < -0.4 is 10.5 Å². The van der Waals surface area contributed by atoms with Crippen molar-refractivity contribution in [2.45, 2.75) is 56.6 Å². The first kappa shape index (κ1) is 15.3. The van der Waals surface area contributed by atoms with Crippen LogP contribution in [-0.2, 0) is 10.0 Å². The summed E-state index contributed by atoms with van der Waals surface area (Å²) in [6.45, 7) is 3.60. The maximum Gasteiger partial charge on any atom is 0.241 e. The minimum Gasteiger partial charge on any atom is -0.399 e. The molecular weight excluding hydrogens is 276 g/mol. The zero-order valence-electron chi connectivity index (χ0n) is 11.9. The molecule has 0 bridgehead atoms. The van der Waals surface area contributed by atoms with Gasteiger partial charge in [-0.2, -0.15) is 0 Å². The van der Waals surface area contributed by atoms with Crippen molar-refractivity contribution in [2.75, 3.05) is 5.73 Å². The quantitative estimate of drug-likeness (QED) is 0.737. The monoisotopic (exact) mass is 298 g/mol. The Balaban J connectivity index is 2.31. The molecule has 1 aromatic rings. The van der Waals surface area contributed by atoms with E-state index in [1.54, 1.807) is 13.0 Å². The Morgan fingerprint density at radius 2 is 1.90 bits per heavy atom. The molecule has 112 valence electrons. The van der Waals surface area contributed by atoms with Crippen LogP contribution in [0.4, 0.5) is 5.69 Å². The highest BCUT2D eigenvalue weighted by molar-refractivity contribution is 7.89. The van der Waals surface area contributed by atoms with E-state index in [9.17, 15) is 13.5 Å². The fourth-order valence-electron chi connectivity index (χ4n) is 2.64. The summed E-state index contributed by atoms with van der Waals surface area (Å²) in [5.74, 6) is 0. The first-order valence-electron chi connectivity index (χ1n) is 6.88. The van der Waals surface area contributed by atoms with Crippen LogP contribution >= 0.6 is 0 Å². The lowest BCUT2D eigenvalue weighted by Crippen LogP contribution is -2.45. The molecule has 1 aliphatic rings. The fourth-order valence-corrected chi connectivity index (χ4v) is 4.30. The second-order valence-corrected chi connectivity index (χ2v) is 7.22. The zero-order valence-corrected chi connectivity index (χ0v) is 12.7. The maximum atomic E-state index is 12.5. The predicted molar refractivity (Wildman–Crippen MR) is 78.9 cm³/mol. The number of aliphatic hydroxyl groups excluding tert-OH is 1. The Morgan fingerprint density at radius 1 is 1.25 bits per heavy atom. The Labute approximate surface area is 120 Å². The van der Waals surface area contributed by atoms with Crippen molar-refractivity contribution >= 4 is 15.7 Å². The number of sulfonamides is 1. The van der Waals surface area contributed by atoms with Crippen LogP contribution in [0.5, 0.6) is 0 Å². The number of nitrogens with one attached hydrogen (secondary N) is 1. The summed E-state index contributed by atoms with van der Waals surface area (Å²) in [4.78, 5) is 0.202. The van der Waals surface area contributed by atoms with E-state index >= 15 is 0 Å². The third-order valence-electron chi connectivity index (χ3n) is 3.97. The van der Waals surface area contributed by atoms with Gasteiger partial charge in [0.1, 0.15) is 0 Å². The normalized spacial score (nSPS) is 23.8. The van der Waals surface area contributed by atoms with Crippen LogP contribution in [-0.4, -0.2) is 25.7 Å². The summed E-state index contributed by atoms with van der Waals surface area (Å²) in [6, 6.07) is 2.82. The molecule has 0 spiro atoms. The van der Waals surface area contributed by atoms with Crippen LogP contribution in [0.1, 0.15) is 36.8 Å². The molecule has 1 fully saturated rings. The standard InChI is InChI=1S/C14H22N2O3S/c1-9-7-11(15)8-14(10(9)2)20(18,19)16-12-5-3-4-6-13(12)17/h7-8,12-13,16-17H,3-6,15H2,1-2H3. The van der Waals surface area contributed by atoms with Gasteiger partial charge in [-0.3, -0.25) is 0 Å². The van der Waals surface area contributed by atoms with Crippen molar-refractivity contribution in [3.63, 3.8) is 0 Å². The highest BCUT2D eigenvalue weighted by Crippen LogP contribution is 2.25. The number of hydrogen-bond donors (Lipinski definition) is 3. The average Bonchev–Trinajstić information content (AvgIpc) is 2.36. The second-order valence-electron chi connectivity index (χ2n) is 5.54. The van der Waals surface area contributed by atoms with Gasteiger partial charge in [-0.1, -0.05) is 12.8 Å². The molecule has 1 aliphatic carbocycles. The van der Waals surface area contributed by atoms with E-state index in [4.69, 9.17) is 5.73 Å². The molecule has 0 saturated heterocycles. The highest BCUT2D eigenvalue weighted by Gasteiger charge is 2.29. The number of aliphatic hydroxyl groups is 1. The molecule has 0 radical (unpaired) electrons. The van der Waals surface area contributed by atoms with E-state index in [0.717, 1.165) is 18.4 Å². The minimum absolute atomic E-state index is 0.202. The van der Waals surface area contributed by atoms with Gasteiger partial charge in [0.05, 0.1) is 11.0 Å².